The lowest BCUT2D eigenvalue weighted by Gasteiger charge is -2.31. The molecule has 0 radical (unpaired) electrons. The van der Waals surface area contributed by atoms with Gasteiger partial charge in [-0.15, -0.1) is 0 Å². The first kappa shape index (κ1) is 19.6. The second kappa shape index (κ2) is 7.99. The first-order valence-corrected chi connectivity index (χ1v) is 10.2. The molecular formula is C21H23Cl2N3O2. The highest BCUT2D eigenvalue weighted by atomic mass is 35.5. The van der Waals surface area contributed by atoms with E-state index in [1.165, 1.54) is 0 Å². The van der Waals surface area contributed by atoms with E-state index in [-0.39, 0.29) is 36.0 Å². The van der Waals surface area contributed by atoms with E-state index in [0.29, 0.717) is 15.7 Å². The van der Waals surface area contributed by atoms with Crippen LogP contribution in [0.3, 0.4) is 0 Å². The minimum atomic E-state index is -0.278. The zero-order valence-corrected chi connectivity index (χ0v) is 17.3. The maximum absolute atomic E-state index is 13.3. The van der Waals surface area contributed by atoms with Crippen LogP contribution in [0, 0.1) is 12.8 Å². The molecule has 148 valence electrons. The number of likely N-dealkylation sites (N-methyl/N-ethyl adjacent to an activating group) is 1. The highest BCUT2D eigenvalue weighted by Gasteiger charge is 2.53. The van der Waals surface area contributed by atoms with Gasteiger partial charge in [-0.05, 0) is 62.7 Å². The molecular weight excluding hydrogens is 397 g/mol. The third-order valence-electron chi connectivity index (χ3n) is 5.80. The largest absolute Gasteiger partial charge is 0.372 e. The average molecular weight is 420 g/mol. The van der Waals surface area contributed by atoms with Crippen LogP contribution in [0.15, 0.2) is 36.5 Å². The summed E-state index contributed by atoms with van der Waals surface area (Å²) < 4.78 is 6.33. The number of halogens is 2. The molecule has 3 heterocycles. The standard InChI is InChI=1S/C21H23Cl2N3O2/c1-11-9-12(7-8-25-11)18-19(17-6-5-16(24-2)20(18)28-17)21(27)26-13-3-4-14(22)15(23)10-13/h3-4,7-10,16-20,24H,5-6H2,1-2H3,(H,26,27)/t16-,17-,18-,19+,20+/m1/s1. The molecule has 2 aromatic rings. The van der Waals surface area contributed by atoms with Crippen molar-refractivity contribution in [1.29, 1.82) is 0 Å². The number of aromatic nitrogens is 1. The van der Waals surface area contributed by atoms with E-state index in [9.17, 15) is 4.79 Å². The quantitative estimate of drug-likeness (QED) is 0.779. The van der Waals surface area contributed by atoms with Gasteiger partial charge in [0.05, 0.1) is 28.2 Å². The maximum Gasteiger partial charge on any atom is 0.230 e. The van der Waals surface area contributed by atoms with Crippen molar-refractivity contribution >= 4 is 34.8 Å². The van der Waals surface area contributed by atoms with Gasteiger partial charge in [-0.1, -0.05) is 23.2 Å². The van der Waals surface area contributed by atoms with Gasteiger partial charge in [0.25, 0.3) is 0 Å². The summed E-state index contributed by atoms with van der Waals surface area (Å²) in [6, 6.07) is 9.39. The molecule has 5 nitrogen and oxygen atoms in total. The van der Waals surface area contributed by atoms with E-state index < -0.39 is 0 Å². The lowest BCUT2D eigenvalue weighted by Crippen LogP contribution is -2.43. The fourth-order valence-corrected chi connectivity index (χ4v) is 4.82. The van der Waals surface area contributed by atoms with Gasteiger partial charge in [-0.3, -0.25) is 9.78 Å². The summed E-state index contributed by atoms with van der Waals surface area (Å²) in [5.74, 6) is -0.365. The minimum Gasteiger partial charge on any atom is -0.372 e. The van der Waals surface area contributed by atoms with Crippen LogP contribution in [0.5, 0.6) is 0 Å². The van der Waals surface area contributed by atoms with E-state index in [4.69, 9.17) is 27.9 Å². The topological polar surface area (TPSA) is 63.2 Å². The Morgan fingerprint density at radius 1 is 1.18 bits per heavy atom. The van der Waals surface area contributed by atoms with Gasteiger partial charge in [0, 0.05) is 29.5 Å². The fraction of sp³-hybridized carbons (Fsp3) is 0.429. The van der Waals surface area contributed by atoms with Crippen molar-refractivity contribution < 1.29 is 9.53 Å². The molecule has 28 heavy (non-hydrogen) atoms. The SMILES string of the molecule is CN[C@@H]1CC[C@H]2O[C@@H]1[C@H](c1ccnc(C)c1)[C@H]2C(=O)Nc1ccc(Cl)c(Cl)c1. The van der Waals surface area contributed by atoms with Crippen LogP contribution in [0.4, 0.5) is 5.69 Å². The number of aryl methyl sites for hydroxylation is 1. The van der Waals surface area contributed by atoms with E-state index in [1.54, 1.807) is 24.4 Å². The first-order valence-electron chi connectivity index (χ1n) is 9.49. The van der Waals surface area contributed by atoms with Gasteiger partial charge in [0.2, 0.25) is 5.91 Å². The molecule has 2 N–H and O–H groups in total. The van der Waals surface area contributed by atoms with Crippen molar-refractivity contribution in [2.24, 2.45) is 5.92 Å². The molecule has 0 aliphatic carbocycles. The molecule has 5 atom stereocenters. The predicted molar refractivity (Wildman–Crippen MR) is 111 cm³/mol. The molecule has 0 saturated carbocycles. The molecule has 2 fully saturated rings. The molecule has 2 aliphatic rings. The number of nitrogens with zero attached hydrogens (tertiary/aromatic N) is 1. The van der Waals surface area contributed by atoms with E-state index in [0.717, 1.165) is 24.1 Å². The molecule has 4 rings (SSSR count). The molecule has 1 amide bonds. The highest BCUT2D eigenvalue weighted by molar-refractivity contribution is 6.42. The summed E-state index contributed by atoms with van der Waals surface area (Å²) in [5.41, 5.74) is 2.66. The number of hydrogen-bond donors (Lipinski definition) is 2. The fourth-order valence-electron chi connectivity index (χ4n) is 4.52. The summed E-state index contributed by atoms with van der Waals surface area (Å²) in [6.45, 7) is 1.96. The van der Waals surface area contributed by atoms with Crippen molar-refractivity contribution in [1.82, 2.24) is 10.3 Å². The van der Waals surface area contributed by atoms with E-state index >= 15 is 0 Å². The molecule has 0 unspecified atom stereocenters. The third kappa shape index (κ3) is 3.64. The number of pyridine rings is 1. The molecule has 2 saturated heterocycles. The minimum absolute atomic E-state index is 0.0329. The van der Waals surface area contributed by atoms with Crippen LogP contribution < -0.4 is 10.6 Å². The highest BCUT2D eigenvalue weighted by Crippen LogP contribution is 2.47. The molecule has 1 aromatic carbocycles. The number of benzene rings is 1. The molecule has 0 spiro atoms. The maximum atomic E-state index is 13.3. The summed E-state index contributed by atoms with van der Waals surface area (Å²) in [4.78, 5) is 17.6. The molecule has 1 aromatic heterocycles. The average Bonchev–Trinajstić information content (AvgIpc) is 2.98. The van der Waals surface area contributed by atoms with Crippen LogP contribution in [-0.2, 0) is 9.53 Å². The van der Waals surface area contributed by atoms with Gasteiger partial charge >= 0.3 is 0 Å². The Bertz CT molecular complexity index is 892. The van der Waals surface area contributed by atoms with E-state index in [1.807, 2.05) is 20.0 Å². The smallest absolute Gasteiger partial charge is 0.230 e. The van der Waals surface area contributed by atoms with Crippen molar-refractivity contribution in [3.8, 4) is 0 Å². The summed E-state index contributed by atoms with van der Waals surface area (Å²) >= 11 is 12.1. The van der Waals surface area contributed by atoms with Gasteiger partial charge in [0.1, 0.15) is 0 Å². The Morgan fingerprint density at radius 3 is 2.71 bits per heavy atom. The van der Waals surface area contributed by atoms with E-state index in [2.05, 4.69) is 21.7 Å². The summed E-state index contributed by atoms with van der Waals surface area (Å²) in [7, 11) is 1.95. The van der Waals surface area contributed by atoms with Crippen LogP contribution >= 0.6 is 23.2 Å². The monoisotopic (exact) mass is 419 g/mol. The third-order valence-corrected chi connectivity index (χ3v) is 6.54. The zero-order valence-electron chi connectivity index (χ0n) is 15.8. The molecule has 2 aliphatic heterocycles. The van der Waals surface area contributed by atoms with Crippen molar-refractivity contribution in [3.05, 3.63) is 57.8 Å². The Hall–Kier alpha value is -1.66. The number of carbonyl (C=O) groups excluding carboxylic acids is 1. The van der Waals surface area contributed by atoms with Gasteiger partial charge < -0.3 is 15.4 Å². The number of fused-ring (bicyclic) bond motifs is 2. The second-order valence-electron chi connectivity index (χ2n) is 7.51. The lowest BCUT2D eigenvalue weighted by molar-refractivity contribution is -0.122. The number of carbonyl (C=O) groups is 1. The predicted octanol–water partition coefficient (Wildman–Crippen LogP) is 4.18. The number of hydrogen-bond acceptors (Lipinski definition) is 4. The number of anilines is 1. The molecule has 7 heteroatoms. The lowest BCUT2D eigenvalue weighted by atomic mass is 9.81. The Kier molecular flexibility index (Phi) is 5.61. The van der Waals surface area contributed by atoms with Crippen molar-refractivity contribution in [3.63, 3.8) is 0 Å². The normalized spacial score (nSPS) is 28.9. The zero-order chi connectivity index (χ0) is 19.8. The van der Waals surface area contributed by atoms with Gasteiger partial charge in [-0.2, -0.15) is 0 Å². The number of rotatable bonds is 4. The summed E-state index contributed by atoms with van der Waals surface area (Å²) in [5, 5.41) is 7.25. The van der Waals surface area contributed by atoms with Crippen LogP contribution in [0.25, 0.3) is 0 Å². The Balaban J connectivity index is 1.66. The van der Waals surface area contributed by atoms with Gasteiger partial charge in [-0.25, -0.2) is 0 Å². The number of nitrogens with one attached hydrogen (secondary N) is 2. The first-order chi connectivity index (χ1) is 13.5. The van der Waals surface area contributed by atoms with Crippen molar-refractivity contribution in [2.45, 2.75) is 43.9 Å². The Morgan fingerprint density at radius 2 is 2.00 bits per heavy atom. The Labute approximate surface area is 174 Å². The number of ether oxygens (including phenoxy) is 1. The van der Waals surface area contributed by atoms with Crippen molar-refractivity contribution in [2.75, 3.05) is 12.4 Å². The van der Waals surface area contributed by atoms with Crippen LogP contribution in [0.2, 0.25) is 10.0 Å². The van der Waals surface area contributed by atoms with Crippen LogP contribution in [0.1, 0.15) is 30.0 Å². The summed E-state index contributed by atoms with van der Waals surface area (Å²) in [6.07, 6.45) is 3.49. The number of amides is 1. The molecule has 2 bridgehead atoms. The second-order valence-corrected chi connectivity index (χ2v) is 8.33. The van der Waals surface area contributed by atoms with Crippen LogP contribution in [-0.4, -0.2) is 36.2 Å². The van der Waals surface area contributed by atoms with Gasteiger partial charge in [0.15, 0.2) is 0 Å².